The van der Waals surface area contributed by atoms with Crippen molar-refractivity contribution in [3.05, 3.63) is 0 Å². The Morgan fingerprint density at radius 3 is 2.17 bits per heavy atom. The van der Waals surface area contributed by atoms with Crippen molar-refractivity contribution in [2.24, 2.45) is 11.8 Å². The van der Waals surface area contributed by atoms with Crippen LogP contribution in [-0.2, 0) is 4.79 Å². The van der Waals surface area contributed by atoms with Gasteiger partial charge in [0.2, 0.25) is 0 Å². The summed E-state index contributed by atoms with van der Waals surface area (Å²) in [6.07, 6.45) is 9.23. The molecule has 4 atom stereocenters. The number of hydrogen-bond acceptors (Lipinski definition) is 3. The molecule has 0 radical (unpaired) electrons. The summed E-state index contributed by atoms with van der Waals surface area (Å²) >= 11 is 0. The molecule has 1 rings (SSSR count). The van der Waals surface area contributed by atoms with Crippen LogP contribution in [0.25, 0.3) is 0 Å². The number of rotatable bonds is 13. The highest BCUT2D eigenvalue weighted by Crippen LogP contribution is 2.16. The number of quaternary nitrogens is 1. The maximum atomic E-state index is 11.8. The van der Waals surface area contributed by atoms with Crippen LogP contribution in [0.3, 0.4) is 0 Å². The first-order chi connectivity index (χ1) is 11.6. The van der Waals surface area contributed by atoms with Gasteiger partial charge in [-0.05, 0) is 25.2 Å². The zero-order chi connectivity index (χ0) is 17.9. The highest BCUT2D eigenvalue weighted by Gasteiger charge is 2.38. The second-order valence-electron chi connectivity index (χ2n) is 7.66. The molecule has 1 aliphatic heterocycles. The normalized spacial score (nSPS) is 24.2. The maximum Gasteiger partial charge on any atom is 0.185 e. The molecule has 1 aliphatic rings. The van der Waals surface area contributed by atoms with E-state index < -0.39 is 12.1 Å². The molecule has 142 valence electrons. The Hall–Kier alpha value is -0.610. The van der Waals surface area contributed by atoms with E-state index in [0.717, 1.165) is 39.0 Å². The Morgan fingerprint density at radius 1 is 1.08 bits per heavy atom. The van der Waals surface area contributed by atoms with Crippen molar-refractivity contribution in [1.82, 2.24) is 4.90 Å². The van der Waals surface area contributed by atoms with Gasteiger partial charge in [0.05, 0.1) is 19.6 Å². The van der Waals surface area contributed by atoms with Crippen LogP contribution < -0.4 is 10.0 Å². The summed E-state index contributed by atoms with van der Waals surface area (Å²) in [5.41, 5.74) is 0. The molecular weight excluding hydrogens is 300 g/mol. The molecule has 0 aliphatic carbocycles. The van der Waals surface area contributed by atoms with Crippen molar-refractivity contribution >= 4 is 5.97 Å². The fourth-order valence-electron chi connectivity index (χ4n) is 4.10. The average molecular weight is 341 g/mol. The van der Waals surface area contributed by atoms with Gasteiger partial charge in [-0.25, -0.2) is 4.90 Å². The van der Waals surface area contributed by atoms with Gasteiger partial charge < -0.3 is 14.8 Å². The van der Waals surface area contributed by atoms with E-state index in [9.17, 15) is 9.90 Å². The largest absolute Gasteiger partial charge is 0.543 e. The summed E-state index contributed by atoms with van der Waals surface area (Å²) in [4.78, 5) is 15.2. The van der Waals surface area contributed by atoms with Crippen LogP contribution in [0.5, 0.6) is 0 Å². The quantitative estimate of drug-likeness (QED) is 0.555. The maximum absolute atomic E-state index is 11.8. The van der Waals surface area contributed by atoms with Crippen molar-refractivity contribution < 1.29 is 14.8 Å². The predicted octanol–water partition coefficient (Wildman–Crippen LogP) is 1.70. The van der Waals surface area contributed by atoms with Gasteiger partial charge in [0.1, 0.15) is 5.97 Å². The topological polar surface area (TPSA) is 47.8 Å². The molecule has 4 heteroatoms. The SMILES string of the molecule is CCCCC(CC)CN1CC[NH+](CC(CC)CCCC)C1C(=O)[O-]. The number of aliphatic carboxylic acids is 1. The van der Waals surface area contributed by atoms with Crippen molar-refractivity contribution in [1.29, 1.82) is 0 Å². The van der Waals surface area contributed by atoms with Crippen LogP contribution in [-0.4, -0.2) is 43.2 Å². The average Bonchev–Trinajstić information content (AvgIpc) is 2.97. The number of carbonyl (C=O) groups excluding carboxylic acids is 1. The van der Waals surface area contributed by atoms with Crippen LogP contribution in [0.2, 0.25) is 0 Å². The lowest BCUT2D eigenvalue weighted by molar-refractivity contribution is -0.914. The van der Waals surface area contributed by atoms with Gasteiger partial charge >= 0.3 is 0 Å². The molecule has 1 fully saturated rings. The van der Waals surface area contributed by atoms with Crippen LogP contribution in [0.4, 0.5) is 0 Å². The van der Waals surface area contributed by atoms with Gasteiger partial charge in [-0.2, -0.15) is 0 Å². The van der Waals surface area contributed by atoms with E-state index >= 15 is 0 Å². The highest BCUT2D eigenvalue weighted by atomic mass is 16.4. The molecule has 0 aromatic carbocycles. The Bertz CT molecular complexity index is 323. The van der Waals surface area contributed by atoms with E-state index in [4.69, 9.17) is 0 Å². The van der Waals surface area contributed by atoms with E-state index in [1.54, 1.807) is 0 Å². The summed E-state index contributed by atoms with van der Waals surface area (Å²) < 4.78 is 0. The molecule has 1 heterocycles. The first-order valence-corrected chi connectivity index (χ1v) is 10.4. The van der Waals surface area contributed by atoms with E-state index in [0.29, 0.717) is 11.8 Å². The Labute approximate surface area is 149 Å². The molecule has 1 N–H and O–H groups in total. The summed E-state index contributed by atoms with van der Waals surface area (Å²) in [5.74, 6) is 0.384. The Morgan fingerprint density at radius 2 is 1.67 bits per heavy atom. The summed E-state index contributed by atoms with van der Waals surface area (Å²) in [6, 6.07) is 0. The van der Waals surface area contributed by atoms with E-state index in [1.165, 1.54) is 43.4 Å². The predicted molar refractivity (Wildman–Crippen MR) is 97.7 cm³/mol. The van der Waals surface area contributed by atoms with Crippen molar-refractivity contribution in [3.8, 4) is 0 Å². The third-order valence-electron chi connectivity index (χ3n) is 5.83. The van der Waals surface area contributed by atoms with E-state index in [-0.39, 0.29) is 0 Å². The van der Waals surface area contributed by atoms with Crippen LogP contribution in [0, 0.1) is 11.8 Å². The molecule has 0 bridgehead atoms. The lowest BCUT2D eigenvalue weighted by atomic mass is 9.98. The smallest absolute Gasteiger partial charge is 0.185 e. The summed E-state index contributed by atoms with van der Waals surface area (Å²) in [6.45, 7) is 12.7. The molecule has 0 aromatic heterocycles. The number of carboxylic acids is 1. The number of unbranched alkanes of at least 4 members (excludes halogenated alkanes) is 2. The minimum Gasteiger partial charge on any atom is -0.543 e. The monoisotopic (exact) mass is 340 g/mol. The van der Waals surface area contributed by atoms with Crippen LogP contribution >= 0.6 is 0 Å². The van der Waals surface area contributed by atoms with Gasteiger partial charge in [-0.1, -0.05) is 59.8 Å². The number of nitrogens with zero attached hydrogens (tertiary/aromatic N) is 1. The number of hydrogen-bond donors (Lipinski definition) is 1. The molecular formula is C20H40N2O2. The Balaban J connectivity index is 2.64. The molecule has 0 aromatic rings. The molecule has 4 unspecified atom stereocenters. The first-order valence-electron chi connectivity index (χ1n) is 10.4. The third kappa shape index (κ3) is 6.72. The van der Waals surface area contributed by atoms with Crippen LogP contribution in [0.15, 0.2) is 0 Å². The standard InChI is InChI=1S/C20H40N2O2/c1-5-9-11-17(7-3)15-21-13-14-22(19(21)20(23)24)16-18(8-4)12-10-6-2/h17-19H,5-16H2,1-4H3,(H,23,24). The van der Waals surface area contributed by atoms with Gasteiger partial charge in [0, 0.05) is 12.5 Å². The van der Waals surface area contributed by atoms with Crippen LogP contribution in [0.1, 0.15) is 79.1 Å². The van der Waals surface area contributed by atoms with Gasteiger partial charge in [-0.3, -0.25) is 0 Å². The van der Waals surface area contributed by atoms with Crippen molar-refractivity contribution in [2.75, 3.05) is 26.2 Å². The van der Waals surface area contributed by atoms with Crippen molar-refractivity contribution in [2.45, 2.75) is 85.2 Å². The van der Waals surface area contributed by atoms with Crippen molar-refractivity contribution in [3.63, 3.8) is 0 Å². The minimum absolute atomic E-state index is 0.434. The second-order valence-corrected chi connectivity index (χ2v) is 7.66. The molecule has 0 saturated carbocycles. The van der Waals surface area contributed by atoms with Gasteiger partial charge in [-0.15, -0.1) is 0 Å². The number of carboxylic acid groups (broad SMARTS) is 1. The first kappa shape index (κ1) is 21.4. The second kappa shape index (κ2) is 11.9. The van der Waals surface area contributed by atoms with Gasteiger partial charge in [0.15, 0.2) is 6.17 Å². The molecule has 4 nitrogen and oxygen atoms in total. The molecule has 24 heavy (non-hydrogen) atoms. The molecule has 1 saturated heterocycles. The zero-order valence-corrected chi connectivity index (χ0v) is 16.5. The fourth-order valence-corrected chi connectivity index (χ4v) is 4.10. The third-order valence-corrected chi connectivity index (χ3v) is 5.83. The molecule has 0 spiro atoms. The van der Waals surface area contributed by atoms with Gasteiger partial charge in [0.25, 0.3) is 0 Å². The minimum atomic E-state index is -0.877. The fraction of sp³-hybridized carbons (Fsp3) is 0.950. The summed E-state index contributed by atoms with van der Waals surface area (Å²) in [7, 11) is 0. The summed E-state index contributed by atoms with van der Waals surface area (Å²) in [5, 5.41) is 11.8. The highest BCUT2D eigenvalue weighted by molar-refractivity contribution is 5.69. The van der Waals surface area contributed by atoms with E-state index in [2.05, 4.69) is 32.6 Å². The molecule has 0 amide bonds. The lowest BCUT2D eigenvalue weighted by Gasteiger charge is -2.31. The Kier molecular flexibility index (Phi) is 10.6. The number of nitrogens with one attached hydrogen (secondary N) is 1. The lowest BCUT2D eigenvalue weighted by Crippen LogP contribution is -3.16. The van der Waals surface area contributed by atoms with E-state index in [1.807, 2.05) is 0 Å². The number of carbonyl (C=O) groups is 1. The zero-order valence-electron chi connectivity index (χ0n) is 16.5.